The molecule has 1 unspecified atom stereocenters. The van der Waals surface area contributed by atoms with Crippen LogP contribution in [0.1, 0.15) is 342 Å². The zero-order valence-corrected chi connectivity index (χ0v) is 53.5. The Hall–Kier alpha value is -3.67. The molecule has 0 aliphatic carbocycles. The Morgan fingerprint density at radius 3 is 0.753 bits per heavy atom. The largest absolute Gasteiger partial charge is 0.462 e. The minimum atomic E-state index is -0.775. The van der Waals surface area contributed by atoms with E-state index in [9.17, 15) is 14.4 Å². The topological polar surface area (TPSA) is 78.9 Å². The van der Waals surface area contributed by atoms with Crippen LogP contribution in [0.15, 0.2) is 97.2 Å². The minimum absolute atomic E-state index is 0.0756. The molecule has 0 spiro atoms. The molecule has 0 aromatic rings. The second-order valence-corrected chi connectivity index (χ2v) is 23.1. The van der Waals surface area contributed by atoms with Crippen molar-refractivity contribution in [3.63, 3.8) is 0 Å². The van der Waals surface area contributed by atoms with Gasteiger partial charge in [0.1, 0.15) is 13.2 Å². The third-order valence-electron chi connectivity index (χ3n) is 15.1. The second kappa shape index (κ2) is 68.8. The Morgan fingerprint density at radius 2 is 0.481 bits per heavy atom. The first-order valence-corrected chi connectivity index (χ1v) is 34.7. The van der Waals surface area contributed by atoms with Crippen molar-refractivity contribution >= 4 is 17.9 Å². The molecule has 466 valence electrons. The van der Waals surface area contributed by atoms with Gasteiger partial charge in [-0.25, -0.2) is 0 Å². The molecule has 0 aliphatic heterocycles. The molecule has 0 heterocycles. The molecular weight excluding hydrogens is 997 g/mol. The smallest absolute Gasteiger partial charge is 0.306 e. The van der Waals surface area contributed by atoms with E-state index in [4.69, 9.17) is 14.2 Å². The molecule has 1 atom stereocenters. The van der Waals surface area contributed by atoms with Crippen LogP contribution in [0.3, 0.4) is 0 Å². The van der Waals surface area contributed by atoms with E-state index in [1.165, 1.54) is 193 Å². The van der Waals surface area contributed by atoms with Gasteiger partial charge >= 0.3 is 17.9 Å². The summed E-state index contributed by atoms with van der Waals surface area (Å²) in [5, 5.41) is 0. The first-order valence-electron chi connectivity index (χ1n) is 34.7. The molecule has 0 N–H and O–H groups in total. The summed E-state index contributed by atoms with van der Waals surface area (Å²) in [6.45, 7) is 6.46. The zero-order valence-electron chi connectivity index (χ0n) is 53.5. The number of unbranched alkanes of at least 4 members (excludes halogenated alkanes) is 36. The predicted octanol–water partition coefficient (Wildman–Crippen LogP) is 24.0. The molecule has 0 saturated heterocycles. The third kappa shape index (κ3) is 67.0. The first-order chi connectivity index (χ1) is 40.0. The summed E-state index contributed by atoms with van der Waals surface area (Å²) in [7, 11) is 0. The molecule has 81 heavy (non-hydrogen) atoms. The SMILES string of the molecule is CC/C=C\C/C=C\C/C=C\C/C=C\C/C=C\CCCCCCCCCCCCCCCC(=O)OCC(COC(=O)CCCCCCC)OC(=O)CCCCCCCCCCCCCCCC/C=C\C/C=C\C/C=C\CCCCCCC. The molecule has 0 aromatic carbocycles. The number of hydrogen-bond donors (Lipinski definition) is 0. The molecule has 0 aromatic heterocycles. The van der Waals surface area contributed by atoms with Crippen LogP contribution < -0.4 is 0 Å². The van der Waals surface area contributed by atoms with Gasteiger partial charge in [-0.1, -0.05) is 317 Å². The van der Waals surface area contributed by atoms with Crippen LogP contribution in [0, 0.1) is 0 Å². The van der Waals surface area contributed by atoms with Crippen LogP contribution >= 0.6 is 0 Å². The monoisotopic (exact) mass is 1130 g/mol. The van der Waals surface area contributed by atoms with Crippen LogP contribution in [0.25, 0.3) is 0 Å². The standard InChI is InChI=1S/C75H130O6/c1-4-7-10-13-15-17-19-21-23-25-27-29-31-33-35-37-39-41-43-45-47-49-51-53-55-57-59-62-65-68-74(77)80-71-72(70-79-73(76)67-64-61-12-9-6-3)81-75(78)69-66-63-60-58-56-54-52-50-48-46-44-42-40-38-36-34-32-30-28-26-24-22-20-18-16-14-11-8-5-2/h7,10,15,17,20-23,26-29,32-35,72H,4-6,8-9,11-14,16,18-19,24-25,30-31,36-71H2,1-3H3/b10-7-,17-15-,22-20-,23-21-,28-26-,29-27-,34-32-,35-33-. The van der Waals surface area contributed by atoms with Crippen molar-refractivity contribution in [3.8, 4) is 0 Å². The highest BCUT2D eigenvalue weighted by molar-refractivity contribution is 5.71. The van der Waals surface area contributed by atoms with E-state index >= 15 is 0 Å². The van der Waals surface area contributed by atoms with Gasteiger partial charge in [-0.15, -0.1) is 0 Å². The lowest BCUT2D eigenvalue weighted by molar-refractivity contribution is -0.167. The average Bonchev–Trinajstić information content (AvgIpc) is 3.47. The summed E-state index contributed by atoms with van der Waals surface area (Å²) in [6.07, 6.45) is 93.4. The van der Waals surface area contributed by atoms with Gasteiger partial charge in [0.15, 0.2) is 6.10 Å². The lowest BCUT2D eigenvalue weighted by Gasteiger charge is -2.18. The quantitative estimate of drug-likeness (QED) is 0.0261. The molecule has 0 radical (unpaired) electrons. The van der Waals surface area contributed by atoms with Gasteiger partial charge in [-0.05, 0) is 103 Å². The van der Waals surface area contributed by atoms with E-state index in [-0.39, 0.29) is 31.1 Å². The summed E-state index contributed by atoms with van der Waals surface area (Å²) in [5.74, 6) is -0.878. The Balaban J connectivity index is 3.99. The maximum Gasteiger partial charge on any atom is 0.306 e. The van der Waals surface area contributed by atoms with E-state index in [0.29, 0.717) is 19.3 Å². The van der Waals surface area contributed by atoms with E-state index in [1.54, 1.807) is 0 Å². The number of allylic oxidation sites excluding steroid dienone is 16. The number of ether oxygens (including phenoxy) is 3. The van der Waals surface area contributed by atoms with Crippen molar-refractivity contribution in [2.45, 2.75) is 348 Å². The predicted molar refractivity (Wildman–Crippen MR) is 353 cm³/mol. The fraction of sp³-hybridized carbons (Fsp3) is 0.747. The Bertz CT molecular complexity index is 1580. The lowest BCUT2D eigenvalue weighted by Crippen LogP contribution is -2.30. The van der Waals surface area contributed by atoms with Gasteiger partial charge in [0.2, 0.25) is 0 Å². The Labute approximate surface area is 502 Å². The number of carbonyl (C=O) groups excluding carboxylic acids is 3. The van der Waals surface area contributed by atoms with Gasteiger partial charge in [0.05, 0.1) is 0 Å². The Morgan fingerprint density at radius 1 is 0.259 bits per heavy atom. The molecule has 6 nitrogen and oxygen atoms in total. The fourth-order valence-corrected chi connectivity index (χ4v) is 9.89. The minimum Gasteiger partial charge on any atom is -0.462 e. The van der Waals surface area contributed by atoms with Crippen LogP contribution in [0.4, 0.5) is 0 Å². The van der Waals surface area contributed by atoms with Crippen LogP contribution in [0.5, 0.6) is 0 Å². The number of esters is 3. The summed E-state index contributed by atoms with van der Waals surface area (Å²) in [4.78, 5) is 38.0. The second-order valence-electron chi connectivity index (χ2n) is 23.1. The molecule has 0 amide bonds. The average molecular weight is 1130 g/mol. The summed E-state index contributed by atoms with van der Waals surface area (Å²) in [5.41, 5.74) is 0. The molecule has 6 heteroatoms. The van der Waals surface area contributed by atoms with Crippen molar-refractivity contribution in [1.82, 2.24) is 0 Å². The summed E-state index contributed by atoms with van der Waals surface area (Å²) in [6, 6.07) is 0. The lowest BCUT2D eigenvalue weighted by atomic mass is 10.0. The van der Waals surface area contributed by atoms with Crippen molar-refractivity contribution in [2.24, 2.45) is 0 Å². The number of carbonyl (C=O) groups is 3. The summed E-state index contributed by atoms with van der Waals surface area (Å²) < 4.78 is 16.8. The number of hydrogen-bond acceptors (Lipinski definition) is 6. The highest BCUT2D eigenvalue weighted by Crippen LogP contribution is 2.17. The third-order valence-corrected chi connectivity index (χ3v) is 15.1. The Kier molecular flexibility index (Phi) is 65.7. The van der Waals surface area contributed by atoms with E-state index in [2.05, 4.69) is 118 Å². The van der Waals surface area contributed by atoms with Gasteiger partial charge in [-0.2, -0.15) is 0 Å². The van der Waals surface area contributed by atoms with Crippen molar-refractivity contribution < 1.29 is 28.6 Å². The van der Waals surface area contributed by atoms with Crippen molar-refractivity contribution in [3.05, 3.63) is 97.2 Å². The van der Waals surface area contributed by atoms with Crippen LogP contribution in [-0.2, 0) is 28.6 Å². The van der Waals surface area contributed by atoms with E-state index in [1.807, 2.05) is 0 Å². The molecule has 0 rings (SSSR count). The molecule has 0 bridgehead atoms. The molecule has 0 fully saturated rings. The van der Waals surface area contributed by atoms with Crippen molar-refractivity contribution in [1.29, 1.82) is 0 Å². The molecule has 0 saturated carbocycles. The zero-order chi connectivity index (χ0) is 58.5. The fourth-order valence-electron chi connectivity index (χ4n) is 9.89. The van der Waals surface area contributed by atoms with Gasteiger partial charge in [-0.3, -0.25) is 14.4 Å². The van der Waals surface area contributed by atoms with Crippen LogP contribution in [-0.4, -0.2) is 37.2 Å². The maximum atomic E-state index is 12.9. The maximum absolute atomic E-state index is 12.9. The molecule has 0 aliphatic rings. The molecular formula is C75H130O6. The van der Waals surface area contributed by atoms with Gasteiger partial charge in [0, 0.05) is 19.3 Å². The van der Waals surface area contributed by atoms with E-state index < -0.39 is 6.10 Å². The highest BCUT2D eigenvalue weighted by Gasteiger charge is 2.19. The normalized spacial score (nSPS) is 12.7. The van der Waals surface area contributed by atoms with Gasteiger partial charge in [0.25, 0.3) is 0 Å². The van der Waals surface area contributed by atoms with E-state index in [0.717, 1.165) is 109 Å². The highest BCUT2D eigenvalue weighted by atomic mass is 16.6. The number of rotatable bonds is 63. The first kappa shape index (κ1) is 77.3. The van der Waals surface area contributed by atoms with Gasteiger partial charge < -0.3 is 14.2 Å². The summed E-state index contributed by atoms with van der Waals surface area (Å²) >= 11 is 0. The van der Waals surface area contributed by atoms with Crippen LogP contribution in [0.2, 0.25) is 0 Å². The van der Waals surface area contributed by atoms with Crippen molar-refractivity contribution in [2.75, 3.05) is 13.2 Å².